The monoisotopic (exact) mass is 230 g/mol. The highest BCUT2D eigenvalue weighted by molar-refractivity contribution is 4.88. The minimum Gasteiger partial charge on any atom is -0.346 e. The van der Waals surface area contributed by atoms with E-state index in [4.69, 9.17) is 18.9 Å². The van der Waals surface area contributed by atoms with Crippen LogP contribution in [-0.4, -0.2) is 31.6 Å². The van der Waals surface area contributed by atoms with Gasteiger partial charge in [0.25, 0.3) is 5.97 Å². The zero-order valence-electron chi connectivity index (χ0n) is 10.7. The highest BCUT2D eigenvalue weighted by atomic mass is 16.9. The number of hydrogen-bond acceptors (Lipinski definition) is 4. The van der Waals surface area contributed by atoms with Crippen molar-refractivity contribution in [1.29, 1.82) is 0 Å². The molecule has 0 aromatic rings. The molecule has 2 saturated heterocycles. The highest BCUT2D eigenvalue weighted by Gasteiger charge is 2.53. The van der Waals surface area contributed by atoms with Gasteiger partial charge in [0.2, 0.25) is 0 Å². The molecule has 2 rings (SSSR count). The molecule has 2 aliphatic rings. The Labute approximate surface area is 97.2 Å². The van der Waals surface area contributed by atoms with Crippen LogP contribution in [-0.2, 0) is 18.9 Å². The summed E-state index contributed by atoms with van der Waals surface area (Å²) >= 11 is 0. The van der Waals surface area contributed by atoms with Crippen LogP contribution in [0.25, 0.3) is 0 Å². The largest absolute Gasteiger partial charge is 0.346 e. The maximum absolute atomic E-state index is 5.91. The van der Waals surface area contributed by atoms with E-state index in [9.17, 15) is 0 Å². The van der Waals surface area contributed by atoms with Crippen LogP contribution in [0.1, 0.15) is 34.1 Å². The summed E-state index contributed by atoms with van der Waals surface area (Å²) in [5.74, 6) is -0.0545. The molecule has 2 fully saturated rings. The number of fused-ring (bicyclic) bond motifs is 1. The van der Waals surface area contributed by atoms with Crippen molar-refractivity contribution in [2.45, 2.75) is 58.6 Å². The lowest BCUT2D eigenvalue weighted by molar-refractivity contribution is -0.333. The van der Waals surface area contributed by atoms with Gasteiger partial charge in [0.15, 0.2) is 6.29 Å². The second kappa shape index (κ2) is 4.26. The van der Waals surface area contributed by atoms with Gasteiger partial charge in [-0.05, 0) is 18.3 Å². The van der Waals surface area contributed by atoms with Crippen LogP contribution in [0.5, 0.6) is 0 Å². The molecule has 2 aliphatic heterocycles. The third kappa shape index (κ3) is 1.88. The molecule has 4 heteroatoms. The molecule has 0 aliphatic carbocycles. The van der Waals surface area contributed by atoms with Crippen molar-refractivity contribution < 1.29 is 18.9 Å². The van der Waals surface area contributed by atoms with Gasteiger partial charge in [-0.25, -0.2) is 0 Å². The van der Waals surface area contributed by atoms with Crippen LogP contribution in [0.3, 0.4) is 0 Å². The molecular formula is C12H22O4. The normalized spacial score (nSPS) is 52.7. The number of ether oxygens (including phenoxy) is 4. The predicted octanol–water partition coefficient (Wildman–Crippen LogP) is 2.13. The molecule has 94 valence electrons. The summed E-state index contributed by atoms with van der Waals surface area (Å²) in [6.45, 7) is 8.33. The van der Waals surface area contributed by atoms with E-state index in [1.807, 2.05) is 0 Å². The maximum Gasteiger partial charge on any atom is 0.282 e. The number of hydrogen-bond donors (Lipinski definition) is 0. The van der Waals surface area contributed by atoms with Crippen molar-refractivity contribution >= 4 is 0 Å². The SMILES string of the molecule is CCC1O[C@H]2OC(C)(OC)OC2[C@H](C)[C@H]1C. The Kier molecular flexibility index (Phi) is 3.27. The maximum atomic E-state index is 5.91. The van der Waals surface area contributed by atoms with Crippen molar-refractivity contribution in [2.24, 2.45) is 11.8 Å². The molecule has 0 spiro atoms. The number of methoxy groups -OCH3 is 1. The first-order valence-electron chi connectivity index (χ1n) is 6.07. The van der Waals surface area contributed by atoms with Gasteiger partial charge in [0.1, 0.15) is 6.10 Å². The fraction of sp³-hybridized carbons (Fsp3) is 1.00. The van der Waals surface area contributed by atoms with Crippen LogP contribution < -0.4 is 0 Å². The molecule has 0 amide bonds. The Morgan fingerprint density at radius 2 is 1.88 bits per heavy atom. The molecule has 2 heterocycles. The first-order valence-corrected chi connectivity index (χ1v) is 6.07. The lowest BCUT2D eigenvalue weighted by atomic mass is 9.83. The van der Waals surface area contributed by atoms with Gasteiger partial charge >= 0.3 is 0 Å². The van der Waals surface area contributed by atoms with Crippen molar-refractivity contribution in [1.82, 2.24) is 0 Å². The minimum atomic E-state index is -0.952. The quantitative estimate of drug-likeness (QED) is 0.728. The molecule has 0 aromatic carbocycles. The average molecular weight is 230 g/mol. The van der Waals surface area contributed by atoms with Crippen LogP contribution >= 0.6 is 0 Å². The highest BCUT2D eigenvalue weighted by Crippen LogP contribution is 2.42. The summed E-state index contributed by atoms with van der Waals surface area (Å²) in [4.78, 5) is 0. The molecule has 3 unspecified atom stereocenters. The predicted molar refractivity (Wildman–Crippen MR) is 58.7 cm³/mol. The van der Waals surface area contributed by atoms with Gasteiger partial charge in [-0.15, -0.1) is 0 Å². The second-order valence-corrected chi connectivity index (χ2v) is 4.94. The lowest BCUT2D eigenvalue weighted by Crippen LogP contribution is -2.47. The molecule has 0 N–H and O–H groups in total. The summed E-state index contributed by atoms with van der Waals surface area (Å²) < 4.78 is 22.6. The summed E-state index contributed by atoms with van der Waals surface area (Å²) in [7, 11) is 1.59. The van der Waals surface area contributed by atoms with Crippen LogP contribution in [0.4, 0.5) is 0 Å². The minimum absolute atomic E-state index is 0.0252. The molecule has 4 nitrogen and oxygen atoms in total. The Bertz CT molecular complexity index is 257. The first kappa shape index (κ1) is 12.3. The summed E-state index contributed by atoms with van der Waals surface area (Å²) in [5, 5.41) is 0. The Balaban J connectivity index is 2.13. The van der Waals surface area contributed by atoms with Gasteiger partial charge in [-0.2, -0.15) is 0 Å². The summed E-state index contributed by atoms with van der Waals surface area (Å²) in [6.07, 6.45) is 0.935. The molecule has 0 bridgehead atoms. The van der Waals surface area contributed by atoms with Gasteiger partial charge in [-0.3, -0.25) is 4.74 Å². The number of rotatable bonds is 2. The van der Waals surface area contributed by atoms with E-state index in [0.717, 1.165) is 6.42 Å². The second-order valence-electron chi connectivity index (χ2n) is 4.94. The molecule has 6 atom stereocenters. The van der Waals surface area contributed by atoms with Crippen LogP contribution in [0.2, 0.25) is 0 Å². The zero-order chi connectivity index (χ0) is 11.9. The molecule has 16 heavy (non-hydrogen) atoms. The van der Waals surface area contributed by atoms with Gasteiger partial charge in [-0.1, -0.05) is 20.8 Å². The smallest absolute Gasteiger partial charge is 0.282 e. The van der Waals surface area contributed by atoms with E-state index in [1.54, 1.807) is 14.0 Å². The Morgan fingerprint density at radius 3 is 2.44 bits per heavy atom. The molecule has 0 radical (unpaired) electrons. The van der Waals surface area contributed by atoms with Crippen LogP contribution in [0, 0.1) is 11.8 Å². The van der Waals surface area contributed by atoms with Crippen molar-refractivity contribution in [2.75, 3.05) is 7.11 Å². The van der Waals surface area contributed by atoms with E-state index in [1.165, 1.54) is 0 Å². The lowest BCUT2D eigenvalue weighted by Gasteiger charge is -2.39. The zero-order valence-corrected chi connectivity index (χ0v) is 10.7. The standard InChI is InChI=1S/C12H22O4/c1-6-9-7(2)8(3)10-11(14-9)16-12(4,13-5)15-10/h7-11H,6H2,1-5H3/t7-,8-,9?,10?,11+,12?/m1/s1. The molecule has 0 aromatic heterocycles. The Hall–Kier alpha value is -0.160. The molecular weight excluding hydrogens is 208 g/mol. The Morgan fingerprint density at radius 1 is 1.19 bits per heavy atom. The van der Waals surface area contributed by atoms with Gasteiger partial charge < -0.3 is 14.2 Å². The van der Waals surface area contributed by atoms with E-state index < -0.39 is 5.97 Å². The van der Waals surface area contributed by atoms with E-state index in [0.29, 0.717) is 11.8 Å². The van der Waals surface area contributed by atoms with Gasteiger partial charge in [0, 0.05) is 14.0 Å². The summed E-state index contributed by atoms with van der Waals surface area (Å²) in [5.41, 5.74) is 0. The van der Waals surface area contributed by atoms with Gasteiger partial charge in [0.05, 0.1) is 6.10 Å². The summed E-state index contributed by atoms with van der Waals surface area (Å²) in [6, 6.07) is 0. The van der Waals surface area contributed by atoms with Crippen LogP contribution in [0.15, 0.2) is 0 Å². The van der Waals surface area contributed by atoms with E-state index >= 15 is 0 Å². The topological polar surface area (TPSA) is 36.9 Å². The fourth-order valence-corrected chi connectivity index (χ4v) is 2.57. The third-order valence-electron chi connectivity index (χ3n) is 3.96. The van der Waals surface area contributed by atoms with Crippen molar-refractivity contribution in [3.63, 3.8) is 0 Å². The first-order chi connectivity index (χ1) is 7.50. The van der Waals surface area contributed by atoms with Crippen molar-refractivity contribution in [3.05, 3.63) is 0 Å². The average Bonchev–Trinajstić information content (AvgIpc) is 2.62. The van der Waals surface area contributed by atoms with E-state index in [-0.39, 0.29) is 18.5 Å². The molecule has 0 saturated carbocycles. The third-order valence-corrected chi connectivity index (χ3v) is 3.96. The van der Waals surface area contributed by atoms with Crippen molar-refractivity contribution in [3.8, 4) is 0 Å². The fourth-order valence-electron chi connectivity index (χ4n) is 2.57. The van der Waals surface area contributed by atoms with E-state index in [2.05, 4.69) is 20.8 Å².